The minimum Gasteiger partial charge on any atom is -0.212 e. The van der Waals surface area contributed by atoms with Gasteiger partial charge >= 0.3 is 0 Å². The van der Waals surface area contributed by atoms with Gasteiger partial charge in [-0.05, 0) is 28.2 Å². The van der Waals surface area contributed by atoms with Crippen molar-refractivity contribution < 1.29 is 8.42 Å². The van der Waals surface area contributed by atoms with E-state index in [0.717, 1.165) is 16.3 Å². The first-order valence-corrected chi connectivity index (χ1v) is 9.21. The summed E-state index contributed by atoms with van der Waals surface area (Å²) in [6, 6.07) is 14.1. The molecule has 0 spiro atoms. The molecular formula is C18H25NO2S. The number of rotatable bonds is 5. The lowest BCUT2D eigenvalue weighted by Crippen LogP contribution is -2.30. The van der Waals surface area contributed by atoms with Gasteiger partial charge in [-0.15, -0.1) is 0 Å². The maximum absolute atomic E-state index is 12.4. The maximum atomic E-state index is 12.4. The van der Waals surface area contributed by atoms with Gasteiger partial charge in [-0.3, -0.25) is 0 Å². The lowest BCUT2D eigenvalue weighted by atomic mass is 9.94. The van der Waals surface area contributed by atoms with Crippen LogP contribution in [0.5, 0.6) is 0 Å². The van der Waals surface area contributed by atoms with Gasteiger partial charge in [-0.25, -0.2) is 12.7 Å². The predicted molar refractivity (Wildman–Crippen MR) is 93.3 cm³/mol. The van der Waals surface area contributed by atoms with Crippen LogP contribution in [0.25, 0.3) is 10.8 Å². The van der Waals surface area contributed by atoms with Gasteiger partial charge in [0.05, 0.1) is 5.75 Å². The van der Waals surface area contributed by atoms with Crippen LogP contribution in [0.4, 0.5) is 0 Å². The van der Waals surface area contributed by atoms with E-state index >= 15 is 0 Å². The second-order valence-electron chi connectivity index (χ2n) is 7.02. The number of nitrogens with zero attached hydrogens (tertiary/aromatic N) is 1. The lowest BCUT2D eigenvalue weighted by Gasteiger charge is -2.22. The third-order valence-corrected chi connectivity index (χ3v) is 5.66. The molecule has 0 radical (unpaired) electrons. The highest BCUT2D eigenvalue weighted by atomic mass is 32.2. The van der Waals surface area contributed by atoms with E-state index in [1.54, 1.807) is 7.05 Å². The summed E-state index contributed by atoms with van der Waals surface area (Å²) in [7, 11) is -1.56. The van der Waals surface area contributed by atoms with Crippen LogP contribution in [0.15, 0.2) is 42.5 Å². The maximum Gasteiger partial charge on any atom is 0.214 e. The standard InChI is InChI=1S/C18H25NO2S/c1-18(2,3)12-13-22(20,21)19(4)14-16-10-7-9-15-8-5-6-11-17(15)16/h5-11H,12-14H2,1-4H3. The number of sulfonamides is 1. The van der Waals surface area contributed by atoms with Crippen LogP contribution < -0.4 is 0 Å². The van der Waals surface area contributed by atoms with Crippen LogP contribution in [0.3, 0.4) is 0 Å². The molecule has 2 aromatic carbocycles. The summed E-state index contributed by atoms with van der Waals surface area (Å²) in [5.41, 5.74) is 1.06. The van der Waals surface area contributed by atoms with Gasteiger partial charge < -0.3 is 0 Å². The van der Waals surface area contributed by atoms with Gasteiger partial charge in [-0.1, -0.05) is 63.2 Å². The fourth-order valence-corrected chi connectivity index (χ4v) is 3.88. The quantitative estimate of drug-likeness (QED) is 0.834. The van der Waals surface area contributed by atoms with Crippen molar-refractivity contribution in [1.82, 2.24) is 4.31 Å². The van der Waals surface area contributed by atoms with E-state index < -0.39 is 10.0 Å². The van der Waals surface area contributed by atoms with E-state index in [4.69, 9.17) is 0 Å². The molecule has 0 atom stereocenters. The van der Waals surface area contributed by atoms with E-state index in [2.05, 4.69) is 20.8 Å². The van der Waals surface area contributed by atoms with Gasteiger partial charge in [0.1, 0.15) is 0 Å². The summed E-state index contributed by atoms with van der Waals surface area (Å²) >= 11 is 0. The lowest BCUT2D eigenvalue weighted by molar-refractivity contribution is 0.388. The molecular weight excluding hydrogens is 294 g/mol. The topological polar surface area (TPSA) is 37.4 Å². The van der Waals surface area contributed by atoms with E-state index in [9.17, 15) is 8.42 Å². The third-order valence-electron chi connectivity index (χ3n) is 3.86. The van der Waals surface area contributed by atoms with Crippen LogP contribution in [-0.2, 0) is 16.6 Å². The average molecular weight is 319 g/mol. The van der Waals surface area contributed by atoms with Crippen molar-refractivity contribution in [2.24, 2.45) is 5.41 Å². The molecule has 0 fully saturated rings. The Balaban J connectivity index is 2.18. The Morgan fingerprint density at radius 3 is 2.32 bits per heavy atom. The molecule has 0 aromatic heterocycles. The monoisotopic (exact) mass is 319 g/mol. The van der Waals surface area contributed by atoms with Crippen molar-refractivity contribution in [2.45, 2.75) is 33.7 Å². The van der Waals surface area contributed by atoms with E-state index in [0.29, 0.717) is 13.0 Å². The largest absolute Gasteiger partial charge is 0.214 e. The fraction of sp³-hybridized carbons (Fsp3) is 0.444. The van der Waals surface area contributed by atoms with Gasteiger partial charge in [0, 0.05) is 13.6 Å². The van der Waals surface area contributed by atoms with Gasteiger partial charge in [0.15, 0.2) is 0 Å². The summed E-state index contributed by atoms with van der Waals surface area (Å²) in [6.45, 7) is 6.60. The Bertz CT molecular complexity index is 740. The molecule has 0 bridgehead atoms. The highest BCUT2D eigenvalue weighted by Crippen LogP contribution is 2.23. The SMILES string of the molecule is CN(Cc1cccc2ccccc12)S(=O)(=O)CCC(C)(C)C. The summed E-state index contributed by atoms with van der Waals surface area (Å²) < 4.78 is 26.4. The third kappa shape index (κ3) is 4.31. The Labute approximate surface area is 134 Å². The second-order valence-corrected chi connectivity index (χ2v) is 9.22. The summed E-state index contributed by atoms with van der Waals surface area (Å²) in [5.74, 6) is 0.192. The predicted octanol–water partition coefficient (Wildman–Crippen LogP) is 4.04. The van der Waals surface area contributed by atoms with Crippen LogP contribution in [0, 0.1) is 5.41 Å². The first-order valence-electron chi connectivity index (χ1n) is 7.60. The zero-order valence-electron chi connectivity index (χ0n) is 13.8. The Morgan fingerprint density at radius 2 is 1.64 bits per heavy atom. The first kappa shape index (κ1) is 17.0. The fourth-order valence-electron chi connectivity index (χ4n) is 2.36. The van der Waals surface area contributed by atoms with Crippen molar-refractivity contribution in [3.63, 3.8) is 0 Å². The molecule has 22 heavy (non-hydrogen) atoms. The van der Waals surface area contributed by atoms with E-state index in [-0.39, 0.29) is 11.2 Å². The molecule has 0 aliphatic carbocycles. The van der Waals surface area contributed by atoms with Crippen molar-refractivity contribution >= 4 is 20.8 Å². The summed E-state index contributed by atoms with van der Waals surface area (Å²) in [5, 5.41) is 2.25. The minimum atomic E-state index is -3.23. The van der Waals surface area contributed by atoms with Crippen LogP contribution in [-0.4, -0.2) is 25.5 Å². The van der Waals surface area contributed by atoms with E-state index in [1.807, 2.05) is 42.5 Å². The second kappa shape index (κ2) is 6.39. The highest BCUT2D eigenvalue weighted by molar-refractivity contribution is 7.89. The Kier molecular flexibility index (Phi) is 4.93. The number of hydrogen-bond acceptors (Lipinski definition) is 2. The molecule has 4 heteroatoms. The Hall–Kier alpha value is -1.39. The zero-order chi connectivity index (χ0) is 16.4. The summed E-state index contributed by atoms with van der Waals surface area (Å²) in [4.78, 5) is 0. The first-order chi connectivity index (χ1) is 10.2. The molecule has 0 unspecified atom stereocenters. The molecule has 0 N–H and O–H groups in total. The van der Waals surface area contributed by atoms with Gasteiger partial charge in [0.25, 0.3) is 0 Å². The average Bonchev–Trinajstić information content (AvgIpc) is 2.45. The number of fused-ring (bicyclic) bond motifs is 1. The molecule has 120 valence electrons. The number of benzene rings is 2. The molecule has 0 saturated carbocycles. The van der Waals surface area contributed by atoms with Crippen LogP contribution in [0.1, 0.15) is 32.8 Å². The minimum absolute atomic E-state index is 0.0212. The van der Waals surface area contributed by atoms with Gasteiger partial charge in [0.2, 0.25) is 10.0 Å². The molecule has 2 aromatic rings. The van der Waals surface area contributed by atoms with E-state index in [1.165, 1.54) is 4.31 Å². The molecule has 2 rings (SSSR count). The number of hydrogen-bond donors (Lipinski definition) is 0. The van der Waals surface area contributed by atoms with Crippen LogP contribution in [0.2, 0.25) is 0 Å². The van der Waals surface area contributed by atoms with Crippen molar-refractivity contribution in [3.8, 4) is 0 Å². The molecule has 0 aliphatic rings. The van der Waals surface area contributed by atoms with Gasteiger partial charge in [-0.2, -0.15) is 0 Å². The Morgan fingerprint density at radius 1 is 1.00 bits per heavy atom. The molecule has 0 aliphatic heterocycles. The molecule has 3 nitrogen and oxygen atoms in total. The van der Waals surface area contributed by atoms with Crippen molar-refractivity contribution in [1.29, 1.82) is 0 Å². The molecule has 0 amide bonds. The van der Waals surface area contributed by atoms with Crippen molar-refractivity contribution in [2.75, 3.05) is 12.8 Å². The zero-order valence-corrected chi connectivity index (χ0v) is 14.7. The normalized spacial score (nSPS) is 13.0. The smallest absolute Gasteiger partial charge is 0.212 e. The molecule has 0 heterocycles. The molecule has 0 saturated heterocycles. The summed E-state index contributed by atoms with van der Waals surface area (Å²) in [6.07, 6.45) is 0.662. The highest BCUT2D eigenvalue weighted by Gasteiger charge is 2.22. The van der Waals surface area contributed by atoms with Crippen LogP contribution >= 0.6 is 0 Å². The van der Waals surface area contributed by atoms with Crippen molar-refractivity contribution in [3.05, 3.63) is 48.0 Å².